The van der Waals surface area contributed by atoms with Crippen LogP contribution in [0, 0.1) is 29.4 Å². The van der Waals surface area contributed by atoms with Crippen molar-refractivity contribution >= 4 is 11.8 Å². The second-order valence-corrected chi connectivity index (χ2v) is 11.1. The molecule has 0 spiro atoms. The Kier molecular flexibility index (Phi) is 7.60. The van der Waals surface area contributed by atoms with Crippen molar-refractivity contribution in [2.24, 2.45) is 17.8 Å². The van der Waals surface area contributed by atoms with Gasteiger partial charge in [-0.2, -0.15) is 0 Å². The molecule has 37 heavy (non-hydrogen) atoms. The number of aromatic nitrogens is 1. The van der Waals surface area contributed by atoms with Gasteiger partial charge in [-0.1, -0.05) is 24.9 Å². The smallest absolute Gasteiger partial charge is 0.290 e. The largest absolute Gasteiger partial charge is 0.353 e. The molecule has 5 rings (SSSR count). The first-order chi connectivity index (χ1) is 17.8. The van der Waals surface area contributed by atoms with E-state index < -0.39 is 17.5 Å². The number of nitrogens with zero attached hydrogens (tertiary/aromatic N) is 2. The average molecular weight is 515 g/mol. The number of halogens is 2. The second-order valence-electron chi connectivity index (χ2n) is 11.1. The highest BCUT2D eigenvalue weighted by atomic mass is 19.1. The maximum absolute atomic E-state index is 14.2. The van der Waals surface area contributed by atoms with Crippen LogP contribution in [0.3, 0.4) is 0 Å². The molecule has 0 radical (unpaired) electrons. The predicted molar refractivity (Wildman–Crippen MR) is 135 cm³/mol. The van der Waals surface area contributed by atoms with Gasteiger partial charge in [-0.15, -0.1) is 0 Å². The monoisotopic (exact) mass is 514 g/mol. The summed E-state index contributed by atoms with van der Waals surface area (Å²) in [5, 5.41) is 10.0. The van der Waals surface area contributed by atoms with Gasteiger partial charge in [0.1, 0.15) is 17.3 Å². The molecule has 3 fully saturated rings. The van der Waals surface area contributed by atoms with Crippen LogP contribution in [-0.2, 0) is 4.79 Å². The molecule has 3 aliphatic rings. The zero-order valence-corrected chi connectivity index (χ0v) is 21.5. The maximum Gasteiger partial charge on any atom is 0.290 e. The summed E-state index contributed by atoms with van der Waals surface area (Å²) in [4.78, 5) is 29.0. The van der Waals surface area contributed by atoms with Crippen LogP contribution in [0.4, 0.5) is 8.78 Å². The lowest BCUT2D eigenvalue weighted by molar-refractivity contribution is -0.129. The van der Waals surface area contributed by atoms with Gasteiger partial charge in [0, 0.05) is 48.9 Å². The summed E-state index contributed by atoms with van der Waals surface area (Å²) in [6.45, 7) is 5.76. The van der Waals surface area contributed by atoms with Crippen LogP contribution < -0.4 is 10.6 Å². The van der Waals surface area contributed by atoms with Crippen molar-refractivity contribution in [2.45, 2.75) is 76.9 Å². The summed E-state index contributed by atoms with van der Waals surface area (Å²) < 4.78 is 32.6. The minimum absolute atomic E-state index is 0.0216. The number of piperidine rings is 1. The summed E-state index contributed by atoms with van der Waals surface area (Å²) in [6, 6.07) is 4.71. The summed E-state index contributed by atoms with van der Waals surface area (Å²) >= 11 is 0. The van der Waals surface area contributed by atoms with Crippen LogP contribution in [-0.4, -0.2) is 53.1 Å². The number of nitrogens with one attached hydrogen (secondary N) is 2. The SMILES string of the molecule is C[C@@H]1CCC[C@H]1N1CC[C@@H](NC(=O)c2cc(-c3ccc(F)cc3F)no2)[C@H](C(=O)N[C@H](C)C2CCC2)C1. The molecule has 1 aliphatic heterocycles. The fourth-order valence-electron chi connectivity index (χ4n) is 6.22. The van der Waals surface area contributed by atoms with E-state index in [1.54, 1.807) is 0 Å². The molecule has 200 valence electrons. The molecule has 2 aliphatic carbocycles. The molecule has 0 unspecified atom stereocenters. The molecule has 0 bridgehead atoms. The number of carbonyl (C=O) groups excluding carboxylic acids is 2. The van der Waals surface area contributed by atoms with Gasteiger partial charge in [0.15, 0.2) is 0 Å². The number of amides is 2. The average Bonchev–Trinajstić information content (AvgIpc) is 3.47. The lowest BCUT2D eigenvalue weighted by Gasteiger charge is -2.43. The Labute approximate surface area is 216 Å². The van der Waals surface area contributed by atoms with Crippen molar-refractivity contribution in [2.75, 3.05) is 13.1 Å². The third kappa shape index (κ3) is 5.56. The van der Waals surface area contributed by atoms with Crippen LogP contribution in [0.1, 0.15) is 69.3 Å². The quantitative estimate of drug-likeness (QED) is 0.567. The molecule has 5 atom stereocenters. The van der Waals surface area contributed by atoms with Gasteiger partial charge in [-0.25, -0.2) is 8.78 Å². The zero-order chi connectivity index (χ0) is 26.1. The molecule has 7 nitrogen and oxygen atoms in total. The topological polar surface area (TPSA) is 87.5 Å². The molecule has 2 aromatic rings. The fourth-order valence-corrected chi connectivity index (χ4v) is 6.22. The number of benzene rings is 1. The Balaban J connectivity index is 1.29. The van der Waals surface area contributed by atoms with E-state index in [1.807, 2.05) is 0 Å². The van der Waals surface area contributed by atoms with E-state index in [0.29, 0.717) is 30.8 Å². The van der Waals surface area contributed by atoms with E-state index in [2.05, 4.69) is 34.5 Å². The third-order valence-electron chi connectivity index (χ3n) is 8.75. The first-order valence-corrected chi connectivity index (χ1v) is 13.6. The number of likely N-dealkylation sites (tertiary alicyclic amines) is 1. The fraction of sp³-hybridized carbons (Fsp3) is 0.607. The molecule has 2 heterocycles. The van der Waals surface area contributed by atoms with Crippen molar-refractivity contribution in [3.05, 3.63) is 41.7 Å². The highest BCUT2D eigenvalue weighted by Crippen LogP contribution is 2.34. The molecule has 1 saturated heterocycles. The Bertz CT molecular complexity index is 1130. The minimum atomic E-state index is -0.786. The molecule has 2 amide bonds. The van der Waals surface area contributed by atoms with Crippen LogP contribution in [0.5, 0.6) is 0 Å². The highest BCUT2D eigenvalue weighted by molar-refractivity contribution is 5.93. The van der Waals surface area contributed by atoms with E-state index in [4.69, 9.17) is 4.52 Å². The first-order valence-electron chi connectivity index (χ1n) is 13.6. The number of hydrogen-bond acceptors (Lipinski definition) is 5. The summed E-state index contributed by atoms with van der Waals surface area (Å²) in [5.74, 6) is -1.35. The second kappa shape index (κ2) is 10.9. The third-order valence-corrected chi connectivity index (χ3v) is 8.75. The summed E-state index contributed by atoms with van der Waals surface area (Å²) in [5.41, 5.74) is 0.154. The van der Waals surface area contributed by atoms with Crippen molar-refractivity contribution < 1.29 is 22.9 Å². The predicted octanol–water partition coefficient (Wildman–Crippen LogP) is 4.53. The van der Waals surface area contributed by atoms with Crippen LogP contribution >= 0.6 is 0 Å². The molecular weight excluding hydrogens is 478 g/mol. The molecule has 1 aromatic carbocycles. The number of hydrogen-bond donors (Lipinski definition) is 2. The van der Waals surface area contributed by atoms with Gasteiger partial charge in [-0.3, -0.25) is 14.5 Å². The maximum atomic E-state index is 14.2. The molecule has 2 saturated carbocycles. The van der Waals surface area contributed by atoms with Gasteiger partial charge in [0.25, 0.3) is 5.91 Å². The van der Waals surface area contributed by atoms with E-state index in [-0.39, 0.29) is 40.9 Å². The van der Waals surface area contributed by atoms with Gasteiger partial charge in [-0.05, 0) is 63.0 Å². The lowest BCUT2D eigenvalue weighted by atomic mass is 9.80. The lowest BCUT2D eigenvalue weighted by Crippen LogP contribution is -2.59. The minimum Gasteiger partial charge on any atom is -0.353 e. The van der Waals surface area contributed by atoms with Crippen molar-refractivity contribution in [3.63, 3.8) is 0 Å². The Morgan fingerprint density at radius 3 is 2.57 bits per heavy atom. The zero-order valence-electron chi connectivity index (χ0n) is 21.5. The van der Waals surface area contributed by atoms with E-state index in [9.17, 15) is 18.4 Å². The van der Waals surface area contributed by atoms with Gasteiger partial charge >= 0.3 is 0 Å². The van der Waals surface area contributed by atoms with E-state index in [1.165, 1.54) is 31.4 Å². The number of rotatable bonds is 7. The molecule has 1 aromatic heterocycles. The molecule has 2 N–H and O–H groups in total. The van der Waals surface area contributed by atoms with E-state index in [0.717, 1.165) is 37.9 Å². The van der Waals surface area contributed by atoms with Gasteiger partial charge < -0.3 is 15.2 Å². The van der Waals surface area contributed by atoms with Gasteiger partial charge in [0.05, 0.1) is 5.92 Å². The Morgan fingerprint density at radius 1 is 1.11 bits per heavy atom. The van der Waals surface area contributed by atoms with Gasteiger partial charge in [0.2, 0.25) is 11.7 Å². The van der Waals surface area contributed by atoms with Crippen LogP contribution in [0.2, 0.25) is 0 Å². The summed E-state index contributed by atoms with van der Waals surface area (Å²) in [6.07, 6.45) is 7.70. The van der Waals surface area contributed by atoms with Crippen molar-refractivity contribution in [1.82, 2.24) is 20.7 Å². The first kappa shape index (κ1) is 25.8. The van der Waals surface area contributed by atoms with Crippen LogP contribution in [0.15, 0.2) is 28.8 Å². The van der Waals surface area contributed by atoms with Crippen molar-refractivity contribution in [3.8, 4) is 11.3 Å². The Morgan fingerprint density at radius 2 is 1.89 bits per heavy atom. The summed E-state index contributed by atoms with van der Waals surface area (Å²) in [7, 11) is 0. The standard InChI is InChI=1S/C28H36F2N4O3/c1-16-5-3-8-25(16)34-12-11-23(21(15-34)27(35)31-17(2)18-6-4-7-18)32-28(36)26-14-24(33-37-26)20-10-9-19(29)13-22(20)30/h9-10,13-14,16-18,21,23,25H,3-8,11-12,15H2,1-2H3,(H,31,35)(H,32,36)/t16-,17-,21-,23-,25-/m1/s1. The highest BCUT2D eigenvalue weighted by Gasteiger charge is 2.41. The Hall–Kier alpha value is -2.81. The molecular formula is C28H36F2N4O3. The van der Waals surface area contributed by atoms with E-state index >= 15 is 0 Å². The van der Waals surface area contributed by atoms with Crippen molar-refractivity contribution in [1.29, 1.82) is 0 Å². The number of carbonyl (C=O) groups is 2. The normalized spacial score (nSPS) is 27.5. The van der Waals surface area contributed by atoms with Crippen LogP contribution in [0.25, 0.3) is 11.3 Å². The molecule has 9 heteroatoms.